The molecule has 0 spiro atoms. The molecule has 1 aromatic carbocycles. The van der Waals surface area contributed by atoms with E-state index in [9.17, 15) is 10.1 Å². The van der Waals surface area contributed by atoms with Crippen molar-refractivity contribution in [2.75, 3.05) is 18.0 Å². The topological polar surface area (TPSA) is 75.1 Å². The zero-order valence-corrected chi connectivity index (χ0v) is 16.6. The van der Waals surface area contributed by atoms with Crippen molar-refractivity contribution in [2.45, 2.75) is 37.1 Å². The van der Waals surface area contributed by atoms with Gasteiger partial charge in [-0.05, 0) is 36.3 Å². The Bertz CT molecular complexity index is 1210. The third kappa shape index (κ3) is 2.77. The molecule has 2 fully saturated rings. The smallest absolute Gasteiger partial charge is 0.250 e. The summed E-state index contributed by atoms with van der Waals surface area (Å²) in [6.45, 7) is 2.26. The lowest BCUT2D eigenvalue weighted by molar-refractivity contribution is 0.274. The van der Waals surface area contributed by atoms with Crippen LogP contribution < -0.4 is 10.5 Å². The van der Waals surface area contributed by atoms with Gasteiger partial charge in [-0.3, -0.25) is 4.79 Å². The van der Waals surface area contributed by atoms with Gasteiger partial charge in [0.05, 0.1) is 0 Å². The number of hydrogen-bond acceptors (Lipinski definition) is 5. The fourth-order valence-corrected chi connectivity index (χ4v) is 5.37. The highest BCUT2D eigenvalue weighted by atomic mass is 16.4. The Morgan fingerprint density at radius 1 is 1.00 bits per heavy atom. The Morgan fingerprint density at radius 3 is 2.70 bits per heavy atom. The fourth-order valence-electron chi connectivity index (χ4n) is 5.37. The molecule has 4 atom stereocenters. The van der Waals surface area contributed by atoms with E-state index in [1.807, 2.05) is 16.7 Å². The van der Waals surface area contributed by atoms with Crippen molar-refractivity contribution in [3.63, 3.8) is 0 Å². The molecule has 0 amide bonds. The highest BCUT2D eigenvalue weighted by molar-refractivity contribution is 5.50. The lowest BCUT2D eigenvalue weighted by Crippen LogP contribution is -2.47. The zero-order chi connectivity index (χ0) is 20.2. The number of anilines is 1. The van der Waals surface area contributed by atoms with E-state index in [4.69, 9.17) is 4.42 Å². The normalized spacial score (nSPS) is 26.7. The molecule has 6 rings (SSSR count). The number of rotatable bonds is 3. The summed E-state index contributed by atoms with van der Waals surface area (Å²) in [6.07, 6.45) is 2.08. The minimum Gasteiger partial charge on any atom is -0.423 e. The van der Waals surface area contributed by atoms with Gasteiger partial charge in [0.15, 0.2) is 0 Å². The van der Waals surface area contributed by atoms with E-state index in [-0.39, 0.29) is 17.4 Å². The van der Waals surface area contributed by atoms with Gasteiger partial charge in [-0.2, -0.15) is 5.26 Å². The maximum atomic E-state index is 12.3. The maximum Gasteiger partial charge on any atom is 0.250 e. The molecule has 1 saturated carbocycles. The summed E-state index contributed by atoms with van der Waals surface area (Å²) < 4.78 is 8.14. The van der Waals surface area contributed by atoms with Gasteiger partial charge in [-0.25, -0.2) is 4.98 Å². The Kier molecular flexibility index (Phi) is 3.85. The van der Waals surface area contributed by atoms with E-state index < -0.39 is 0 Å². The van der Waals surface area contributed by atoms with E-state index in [0.29, 0.717) is 29.3 Å². The predicted octanol–water partition coefficient (Wildman–Crippen LogP) is 3.60. The van der Waals surface area contributed by atoms with Gasteiger partial charge in [0.1, 0.15) is 6.07 Å². The zero-order valence-electron chi connectivity index (χ0n) is 16.6. The second-order valence-electron chi connectivity index (χ2n) is 8.78. The van der Waals surface area contributed by atoms with Crippen LogP contribution in [0.3, 0.4) is 0 Å². The molecule has 6 nitrogen and oxygen atoms in total. The molecule has 150 valence electrons. The SMILES string of the molecule is N#Cc1nc([C@H]2C[C@@H]2c2ccccc2)oc1N1C[C@H]2C[C@@H](C1)c1cccc(=O)n1C2. The maximum absolute atomic E-state index is 12.3. The van der Waals surface area contributed by atoms with Crippen molar-refractivity contribution in [1.29, 1.82) is 5.26 Å². The van der Waals surface area contributed by atoms with E-state index in [2.05, 4.69) is 46.3 Å². The van der Waals surface area contributed by atoms with Crippen LogP contribution in [0.2, 0.25) is 0 Å². The standard InChI is InChI=1S/C24H22N4O2/c25-11-20-24(30-23(26-20)19-10-18(19)16-5-2-1-3-6-16)27-12-15-9-17(14-27)21-7-4-8-22(29)28(21)13-15/h1-8,15,17-19H,9-10,12-14H2/t15-,17+,18-,19+/m1/s1. The summed E-state index contributed by atoms with van der Waals surface area (Å²) in [5.41, 5.74) is 2.86. The summed E-state index contributed by atoms with van der Waals surface area (Å²) >= 11 is 0. The van der Waals surface area contributed by atoms with E-state index in [1.165, 1.54) is 5.56 Å². The first-order valence-electron chi connectivity index (χ1n) is 10.6. The molecule has 4 heterocycles. The Balaban J connectivity index is 1.28. The summed E-state index contributed by atoms with van der Waals surface area (Å²) in [6, 6.07) is 18.2. The molecule has 1 aliphatic carbocycles. The summed E-state index contributed by atoms with van der Waals surface area (Å²) in [4.78, 5) is 19.0. The largest absolute Gasteiger partial charge is 0.423 e. The number of oxazole rings is 1. The van der Waals surface area contributed by atoms with Crippen LogP contribution in [0.5, 0.6) is 0 Å². The van der Waals surface area contributed by atoms with Crippen molar-refractivity contribution >= 4 is 5.88 Å². The highest BCUT2D eigenvalue weighted by Crippen LogP contribution is 2.55. The molecular weight excluding hydrogens is 376 g/mol. The lowest BCUT2D eigenvalue weighted by Gasteiger charge is -2.42. The van der Waals surface area contributed by atoms with Crippen LogP contribution in [0.1, 0.15) is 53.4 Å². The molecule has 0 unspecified atom stereocenters. The number of nitrogens with zero attached hydrogens (tertiary/aromatic N) is 4. The molecule has 6 heteroatoms. The van der Waals surface area contributed by atoms with Crippen molar-refractivity contribution in [1.82, 2.24) is 9.55 Å². The Labute approximate surface area is 174 Å². The summed E-state index contributed by atoms with van der Waals surface area (Å²) in [7, 11) is 0. The monoisotopic (exact) mass is 398 g/mol. The number of fused-ring (bicyclic) bond motifs is 4. The van der Waals surface area contributed by atoms with Crippen LogP contribution in [0, 0.1) is 17.2 Å². The Hall–Kier alpha value is -3.33. The Morgan fingerprint density at radius 2 is 1.87 bits per heavy atom. The number of hydrogen-bond donors (Lipinski definition) is 0. The number of pyridine rings is 1. The average molecular weight is 398 g/mol. The fraction of sp³-hybridized carbons (Fsp3) is 0.375. The van der Waals surface area contributed by atoms with Crippen molar-refractivity contribution < 1.29 is 4.42 Å². The van der Waals surface area contributed by atoms with Crippen LogP contribution in [0.25, 0.3) is 0 Å². The molecule has 2 aliphatic heterocycles. The number of aromatic nitrogens is 2. The van der Waals surface area contributed by atoms with Gasteiger partial charge in [0.25, 0.3) is 5.56 Å². The molecule has 3 aromatic rings. The van der Waals surface area contributed by atoms with Gasteiger partial charge in [0, 0.05) is 43.2 Å². The lowest BCUT2D eigenvalue weighted by atomic mass is 9.83. The molecule has 0 radical (unpaired) electrons. The van der Waals surface area contributed by atoms with Crippen LogP contribution >= 0.6 is 0 Å². The summed E-state index contributed by atoms with van der Waals surface area (Å²) in [5.74, 6) is 2.59. The third-order valence-corrected chi connectivity index (χ3v) is 6.83. The van der Waals surface area contributed by atoms with Crippen molar-refractivity contribution in [3.05, 3.63) is 81.7 Å². The van der Waals surface area contributed by atoms with Crippen LogP contribution in [0.15, 0.2) is 57.7 Å². The number of nitriles is 1. The first kappa shape index (κ1) is 17.5. The van der Waals surface area contributed by atoms with Gasteiger partial charge in [-0.15, -0.1) is 0 Å². The van der Waals surface area contributed by atoms with Gasteiger partial charge in [-0.1, -0.05) is 36.4 Å². The average Bonchev–Trinajstić information content (AvgIpc) is 3.46. The first-order chi connectivity index (χ1) is 14.7. The van der Waals surface area contributed by atoms with E-state index in [1.54, 1.807) is 6.07 Å². The van der Waals surface area contributed by atoms with E-state index >= 15 is 0 Å². The van der Waals surface area contributed by atoms with Gasteiger partial charge in [0.2, 0.25) is 17.5 Å². The van der Waals surface area contributed by atoms with E-state index in [0.717, 1.165) is 38.2 Å². The third-order valence-electron chi connectivity index (χ3n) is 6.83. The molecule has 3 aliphatic rings. The molecule has 2 aromatic heterocycles. The molecule has 1 saturated heterocycles. The second kappa shape index (κ2) is 6.60. The minimum atomic E-state index is 0.0796. The first-order valence-corrected chi connectivity index (χ1v) is 10.6. The highest BCUT2D eigenvalue weighted by Gasteiger charge is 2.44. The second-order valence-corrected chi connectivity index (χ2v) is 8.78. The van der Waals surface area contributed by atoms with Gasteiger partial charge >= 0.3 is 0 Å². The van der Waals surface area contributed by atoms with Crippen LogP contribution in [0.4, 0.5) is 5.88 Å². The van der Waals surface area contributed by atoms with Crippen LogP contribution in [-0.4, -0.2) is 22.6 Å². The molecule has 30 heavy (non-hydrogen) atoms. The van der Waals surface area contributed by atoms with Crippen molar-refractivity contribution in [2.24, 2.45) is 5.92 Å². The summed E-state index contributed by atoms with van der Waals surface area (Å²) in [5, 5.41) is 9.70. The molecule has 2 bridgehead atoms. The van der Waals surface area contributed by atoms with Crippen molar-refractivity contribution in [3.8, 4) is 6.07 Å². The van der Waals surface area contributed by atoms with Crippen LogP contribution in [-0.2, 0) is 6.54 Å². The number of piperidine rings is 1. The molecule has 0 N–H and O–H groups in total. The minimum absolute atomic E-state index is 0.0796. The predicted molar refractivity (Wildman–Crippen MR) is 112 cm³/mol. The van der Waals surface area contributed by atoms with Gasteiger partial charge < -0.3 is 13.9 Å². The molecular formula is C24H22N4O2. The number of benzene rings is 1. The quantitative estimate of drug-likeness (QED) is 0.674.